The molecule has 0 aliphatic rings. The topological polar surface area (TPSA) is 40.5 Å². The fourth-order valence-electron chi connectivity index (χ4n) is 1.84. The van der Waals surface area contributed by atoms with Crippen molar-refractivity contribution in [2.45, 2.75) is 19.9 Å². The summed E-state index contributed by atoms with van der Waals surface area (Å²) < 4.78 is 0. The zero-order chi connectivity index (χ0) is 13.7. The Kier molecular flexibility index (Phi) is 5.38. The molecular formula is C14H18ClNO2. The van der Waals surface area contributed by atoms with Crippen LogP contribution in [0, 0.1) is 0 Å². The second-order valence-electron chi connectivity index (χ2n) is 4.44. The molecule has 0 bridgehead atoms. The van der Waals surface area contributed by atoms with Gasteiger partial charge < -0.3 is 5.11 Å². The van der Waals surface area contributed by atoms with Crippen LogP contribution in [0.15, 0.2) is 35.9 Å². The van der Waals surface area contributed by atoms with Gasteiger partial charge in [-0.3, -0.25) is 4.90 Å². The average molecular weight is 268 g/mol. The van der Waals surface area contributed by atoms with E-state index in [4.69, 9.17) is 16.7 Å². The maximum Gasteiger partial charge on any atom is 0.328 e. The van der Waals surface area contributed by atoms with Gasteiger partial charge in [0.25, 0.3) is 0 Å². The smallest absolute Gasteiger partial charge is 0.328 e. The van der Waals surface area contributed by atoms with Crippen molar-refractivity contribution in [3.8, 4) is 0 Å². The van der Waals surface area contributed by atoms with E-state index in [0.29, 0.717) is 6.54 Å². The van der Waals surface area contributed by atoms with E-state index >= 15 is 0 Å². The highest BCUT2D eigenvalue weighted by atomic mass is 35.5. The van der Waals surface area contributed by atoms with E-state index < -0.39 is 5.97 Å². The largest absolute Gasteiger partial charge is 0.478 e. The van der Waals surface area contributed by atoms with Crippen molar-refractivity contribution in [3.05, 3.63) is 46.5 Å². The number of hydrogen-bond acceptors (Lipinski definition) is 2. The van der Waals surface area contributed by atoms with Crippen LogP contribution in [0.2, 0.25) is 5.02 Å². The Labute approximate surface area is 113 Å². The third kappa shape index (κ3) is 4.17. The molecular weight excluding hydrogens is 250 g/mol. The quantitative estimate of drug-likeness (QED) is 0.832. The summed E-state index contributed by atoms with van der Waals surface area (Å²) in [6, 6.07) is 7.83. The van der Waals surface area contributed by atoms with Gasteiger partial charge >= 0.3 is 5.97 Å². The minimum Gasteiger partial charge on any atom is -0.478 e. The van der Waals surface area contributed by atoms with E-state index in [1.165, 1.54) is 6.08 Å². The van der Waals surface area contributed by atoms with Crippen LogP contribution in [0.5, 0.6) is 0 Å². The third-order valence-corrected chi connectivity index (χ3v) is 3.23. The Hall–Kier alpha value is -1.32. The van der Waals surface area contributed by atoms with Crippen LogP contribution >= 0.6 is 11.6 Å². The van der Waals surface area contributed by atoms with Gasteiger partial charge in [-0.15, -0.1) is 0 Å². The van der Waals surface area contributed by atoms with Crippen molar-refractivity contribution < 1.29 is 9.90 Å². The highest BCUT2D eigenvalue weighted by Crippen LogP contribution is 2.26. The molecule has 0 radical (unpaired) electrons. The molecule has 0 aromatic heterocycles. The van der Waals surface area contributed by atoms with Gasteiger partial charge in [0.1, 0.15) is 0 Å². The minimum absolute atomic E-state index is 0.135. The van der Waals surface area contributed by atoms with Crippen molar-refractivity contribution in [3.63, 3.8) is 0 Å². The minimum atomic E-state index is -0.911. The Bertz CT molecular complexity index is 457. The van der Waals surface area contributed by atoms with Crippen LogP contribution in [0.1, 0.15) is 25.5 Å². The zero-order valence-electron chi connectivity index (χ0n) is 10.9. The molecule has 4 heteroatoms. The first kappa shape index (κ1) is 14.7. The fraction of sp³-hybridized carbons (Fsp3) is 0.357. The standard InChI is InChI=1S/C14H18ClNO2/c1-10(8-14(17)18)9-16(3)11(2)12-6-4-5-7-13(12)15/h4-8,11H,9H2,1-3H3,(H,17,18)/b10-8+. The molecule has 0 saturated carbocycles. The van der Waals surface area contributed by atoms with Gasteiger partial charge in [0.2, 0.25) is 0 Å². The molecule has 0 saturated heterocycles. The number of carbonyl (C=O) groups is 1. The summed E-state index contributed by atoms with van der Waals surface area (Å²) in [5.74, 6) is -0.911. The summed E-state index contributed by atoms with van der Waals surface area (Å²) in [6.45, 7) is 4.46. The van der Waals surface area contributed by atoms with Gasteiger partial charge in [0.05, 0.1) is 0 Å². The van der Waals surface area contributed by atoms with E-state index in [-0.39, 0.29) is 6.04 Å². The van der Waals surface area contributed by atoms with Crippen molar-refractivity contribution in [1.29, 1.82) is 0 Å². The molecule has 1 aromatic carbocycles. The number of carboxylic acid groups (broad SMARTS) is 1. The molecule has 0 heterocycles. The molecule has 0 amide bonds. The maximum atomic E-state index is 10.6. The number of hydrogen-bond donors (Lipinski definition) is 1. The zero-order valence-corrected chi connectivity index (χ0v) is 11.6. The van der Waals surface area contributed by atoms with Crippen LogP contribution in [-0.2, 0) is 4.79 Å². The molecule has 0 aliphatic carbocycles. The molecule has 0 aliphatic heterocycles. The molecule has 1 atom stereocenters. The van der Waals surface area contributed by atoms with E-state index in [1.54, 1.807) is 0 Å². The fourth-order valence-corrected chi connectivity index (χ4v) is 2.13. The second-order valence-corrected chi connectivity index (χ2v) is 4.85. The lowest BCUT2D eigenvalue weighted by Gasteiger charge is -2.26. The van der Waals surface area contributed by atoms with Gasteiger partial charge in [0, 0.05) is 23.7 Å². The van der Waals surface area contributed by atoms with Crippen molar-refractivity contribution in [1.82, 2.24) is 4.90 Å². The van der Waals surface area contributed by atoms with Crippen molar-refractivity contribution >= 4 is 17.6 Å². The Morgan fingerprint density at radius 2 is 2.11 bits per heavy atom. The predicted molar refractivity (Wildman–Crippen MR) is 73.9 cm³/mol. The average Bonchev–Trinajstić information content (AvgIpc) is 2.27. The van der Waals surface area contributed by atoms with Gasteiger partial charge in [-0.2, -0.15) is 0 Å². The monoisotopic (exact) mass is 267 g/mol. The van der Waals surface area contributed by atoms with E-state index in [1.807, 2.05) is 38.2 Å². The summed E-state index contributed by atoms with van der Waals surface area (Å²) in [5, 5.41) is 9.41. The SMILES string of the molecule is C/C(=C\C(=O)O)CN(C)C(C)c1ccccc1Cl. The lowest BCUT2D eigenvalue weighted by Crippen LogP contribution is -2.24. The van der Waals surface area contributed by atoms with Gasteiger partial charge in [0.15, 0.2) is 0 Å². The van der Waals surface area contributed by atoms with E-state index in [9.17, 15) is 4.79 Å². The van der Waals surface area contributed by atoms with Gasteiger partial charge in [-0.25, -0.2) is 4.79 Å². The molecule has 3 nitrogen and oxygen atoms in total. The number of aliphatic carboxylic acids is 1. The van der Waals surface area contributed by atoms with Crippen molar-refractivity contribution in [2.24, 2.45) is 0 Å². The summed E-state index contributed by atoms with van der Waals surface area (Å²) in [5.41, 5.74) is 1.86. The first-order chi connectivity index (χ1) is 8.41. The van der Waals surface area contributed by atoms with Crippen LogP contribution < -0.4 is 0 Å². The number of carboxylic acids is 1. The van der Waals surface area contributed by atoms with Crippen LogP contribution in [0.4, 0.5) is 0 Å². The van der Waals surface area contributed by atoms with E-state index in [0.717, 1.165) is 16.2 Å². The second kappa shape index (κ2) is 6.57. The van der Waals surface area contributed by atoms with Crippen LogP contribution in [0.25, 0.3) is 0 Å². The third-order valence-electron chi connectivity index (χ3n) is 2.89. The lowest BCUT2D eigenvalue weighted by molar-refractivity contribution is -0.131. The number of rotatable bonds is 5. The molecule has 18 heavy (non-hydrogen) atoms. The molecule has 1 unspecified atom stereocenters. The number of likely N-dealkylation sites (N-methyl/N-ethyl adjacent to an activating group) is 1. The molecule has 1 rings (SSSR count). The summed E-state index contributed by atoms with van der Waals surface area (Å²) in [6.07, 6.45) is 1.23. The molecule has 98 valence electrons. The summed E-state index contributed by atoms with van der Waals surface area (Å²) in [7, 11) is 1.95. The summed E-state index contributed by atoms with van der Waals surface area (Å²) in [4.78, 5) is 12.6. The highest BCUT2D eigenvalue weighted by Gasteiger charge is 2.14. The summed E-state index contributed by atoms with van der Waals surface area (Å²) >= 11 is 6.15. The number of halogens is 1. The first-order valence-electron chi connectivity index (χ1n) is 5.76. The van der Waals surface area contributed by atoms with Crippen LogP contribution in [0.3, 0.4) is 0 Å². The Balaban J connectivity index is 2.76. The van der Waals surface area contributed by atoms with Crippen LogP contribution in [-0.4, -0.2) is 29.6 Å². The number of benzene rings is 1. The first-order valence-corrected chi connectivity index (χ1v) is 6.14. The van der Waals surface area contributed by atoms with Crippen molar-refractivity contribution in [2.75, 3.05) is 13.6 Å². The Morgan fingerprint density at radius 3 is 2.67 bits per heavy atom. The molecule has 1 N–H and O–H groups in total. The van der Waals surface area contributed by atoms with Gasteiger partial charge in [-0.05, 0) is 32.5 Å². The lowest BCUT2D eigenvalue weighted by atomic mass is 10.1. The molecule has 1 aromatic rings. The van der Waals surface area contributed by atoms with E-state index in [2.05, 4.69) is 11.8 Å². The molecule has 0 fully saturated rings. The van der Waals surface area contributed by atoms with Gasteiger partial charge in [-0.1, -0.05) is 35.4 Å². The number of nitrogens with zero attached hydrogens (tertiary/aromatic N) is 1. The normalized spacial score (nSPS) is 13.7. The highest BCUT2D eigenvalue weighted by molar-refractivity contribution is 6.31. The molecule has 0 spiro atoms. The Morgan fingerprint density at radius 1 is 1.50 bits per heavy atom. The predicted octanol–water partition coefficient (Wildman–Crippen LogP) is 3.36. The maximum absolute atomic E-state index is 10.6.